The van der Waals surface area contributed by atoms with E-state index in [0.717, 1.165) is 24.8 Å². The van der Waals surface area contributed by atoms with Gasteiger partial charge in [-0.15, -0.1) is 4.67 Å². The van der Waals surface area contributed by atoms with Crippen LogP contribution in [0.25, 0.3) is 0 Å². The Labute approximate surface area is 210 Å². The number of hydrogen-bond donors (Lipinski definition) is 0. The van der Waals surface area contributed by atoms with Gasteiger partial charge in [-0.3, -0.25) is 9.59 Å². The maximum Gasteiger partial charge on any atom is 0.285 e. The van der Waals surface area contributed by atoms with Crippen LogP contribution in [0.3, 0.4) is 0 Å². The third kappa shape index (κ3) is 4.60. The molecule has 0 spiro atoms. The molecule has 188 valence electrons. The summed E-state index contributed by atoms with van der Waals surface area (Å²) in [6.45, 7) is 9.17. The van der Waals surface area contributed by atoms with Gasteiger partial charge in [-0.05, 0) is 62.1 Å². The van der Waals surface area contributed by atoms with Crippen molar-refractivity contribution in [1.82, 2.24) is 14.5 Å². The molecular weight excluding hydrogens is 434 g/mol. The lowest BCUT2D eigenvalue weighted by Crippen LogP contribution is -2.52. The van der Waals surface area contributed by atoms with E-state index in [1.54, 1.807) is 0 Å². The van der Waals surface area contributed by atoms with Gasteiger partial charge in [0.05, 0.1) is 11.8 Å². The molecule has 2 heterocycles. The number of piperazine rings is 1. The molecule has 1 aromatic rings. The predicted molar refractivity (Wildman–Crippen MR) is 142 cm³/mol. The first-order valence-electron chi connectivity index (χ1n) is 14.1. The minimum atomic E-state index is -0.0889. The molecule has 0 radical (unpaired) electrons. The second kappa shape index (κ2) is 9.93. The lowest BCUT2D eigenvalue weighted by Gasteiger charge is -2.36. The topological polar surface area (TPSA) is 54.7 Å². The largest absolute Gasteiger partial charge is 0.339 e. The van der Waals surface area contributed by atoms with Gasteiger partial charge in [-0.25, -0.2) is 0 Å². The van der Waals surface area contributed by atoms with Gasteiger partial charge in [-0.2, -0.15) is 0 Å². The van der Waals surface area contributed by atoms with E-state index in [0.29, 0.717) is 49.8 Å². The summed E-state index contributed by atoms with van der Waals surface area (Å²) in [6, 6.07) is 8.38. The van der Waals surface area contributed by atoms with Crippen LogP contribution in [0.2, 0.25) is 0 Å². The molecule has 2 aliphatic carbocycles. The molecule has 1 saturated heterocycles. The summed E-state index contributed by atoms with van der Waals surface area (Å²) in [5, 5.41) is 0. The molecule has 5 heteroatoms. The summed E-state index contributed by atoms with van der Waals surface area (Å²) >= 11 is 0. The first-order chi connectivity index (χ1) is 17.0. The predicted octanol–water partition coefficient (Wildman–Crippen LogP) is 4.83. The molecule has 35 heavy (non-hydrogen) atoms. The van der Waals surface area contributed by atoms with Crippen LogP contribution in [-0.2, 0) is 4.79 Å². The smallest absolute Gasteiger partial charge is 0.285 e. The molecule has 2 aliphatic heterocycles. The molecule has 2 amide bonds. The molecule has 0 N–H and O–H groups in total. The van der Waals surface area contributed by atoms with Gasteiger partial charge in [0.15, 0.2) is 0 Å². The summed E-state index contributed by atoms with van der Waals surface area (Å²) in [7, 11) is 0. The Kier molecular flexibility index (Phi) is 6.90. The standard InChI is InChI=1S/C30H42N3O2/c1-4-8-25-24-9-6-7-10-26(24)31-21(3)27(25)22-11-13-23(14-12-22)28(34)32-17-19-33(20-18-32)29(35)30(5-2)15-16-30/h11-14,24-25,27H,4-10,15-20H2,1-3H3/q+1. The van der Waals surface area contributed by atoms with E-state index in [1.165, 1.54) is 55.5 Å². The number of amides is 2. The maximum atomic E-state index is 13.2. The van der Waals surface area contributed by atoms with Gasteiger partial charge in [0.25, 0.3) is 17.3 Å². The van der Waals surface area contributed by atoms with Crippen molar-refractivity contribution >= 4 is 23.2 Å². The lowest BCUT2D eigenvalue weighted by molar-refractivity contribution is -0.138. The lowest BCUT2D eigenvalue weighted by atomic mass is 9.66. The van der Waals surface area contributed by atoms with Crippen molar-refractivity contribution in [3.8, 4) is 0 Å². The van der Waals surface area contributed by atoms with Gasteiger partial charge < -0.3 is 9.80 Å². The molecule has 5 rings (SSSR count). The van der Waals surface area contributed by atoms with Crippen LogP contribution in [0.15, 0.2) is 24.3 Å². The van der Waals surface area contributed by atoms with Gasteiger partial charge in [0.2, 0.25) is 5.91 Å². The second-order valence-electron chi connectivity index (χ2n) is 11.4. The van der Waals surface area contributed by atoms with E-state index in [2.05, 4.69) is 32.9 Å². The second-order valence-corrected chi connectivity index (χ2v) is 11.4. The fourth-order valence-electron chi connectivity index (χ4n) is 6.98. The van der Waals surface area contributed by atoms with Crippen molar-refractivity contribution in [2.45, 2.75) is 84.5 Å². The monoisotopic (exact) mass is 476 g/mol. The quantitative estimate of drug-likeness (QED) is 0.552. The van der Waals surface area contributed by atoms with Crippen molar-refractivity contribution in [2.24, 2.45) is 17.3 Å². The van der Waals surface area contributed by atoms with E-state index < -0.39 is 0 Å². The summed E-state index contributed by atoms with van der Waals surface area (Å²) in [6.07, 6.45) is 10.5. The molecule has 0 aromatic heterocycles. The van der Waals surface area contributed by atoms with Crippen molar-refractivity contribution in [3.63, 3.8) is 0 Å². The van der Waals surface area contributed by atoms with Gasteiger partial charge in [-0.1, -0.05) is 38.8 Å². The average Bonchev–Trinajstić information content (AvgIpc) is 3.70. The highest BCUT2D eigenvalue weighted by atomic mass is 16.2. The first-order valence-corrected chi connectivity index (χ1v) is 14.1. The summed E-state index contributed by atoms with van der Waals surface area (Å²) in [4.78, 5) is 30.0. The van der Waals surface area contributed by atoms with Crippen molar-refractivity contribution < 1.29 is 9.59 Å². The van der Waals surface area contributed by atoms with Crippen LogP contribution in [0, 0.1) is 17.3 Å². The highest BCUT2D eigenvalue weighted by molar-refractivity contribution is 6.00. The Bertz CT molecular complexity index is 1020. The van der Waals surface area contributed by atoms with E-state index in [1.807, 2.05) is 21.9 Å². The molecule has 0 bridgehead atoms. The fraction of sp³-hybridized carbons (Fsp3) is 0.667. The number of fused-ring (bicyclic) bond motifs is 1. The van der Waals surface area contributed by atoms with Crippen molar-refractivity contribution in [3.05, 3.63) is 35.4 Å². The zero-order chi connectivity index (χ0) is 24.6. The highest BCUT2D eigenvalue weighted by Gasteiger charge is 2.50. The van der Waals surface area contributed by atoms with Crippen molar-refractivity contribution in [2.75, 3.05) is 26.2 Å². The van der Waals surface area contributed by atoms with Crippen LogP contribution in [0.5, 0.6) is 0 Å². The van der Waals surface area contributed by atoms with Crippen LogP contribution in [0.4, 0.5) is 0 Å². The number of carbonyl (C=O) groups excluding carboxylic acids is 2. The molecule has 3 atom stereocenters. The van der Waals surface area contributed by atoms with E-state index in [-0.39, 0.29) is 11.3 Å². The normalized spacial score (nSPS) is 27.6. The van der Waals surface area contributed by atoms with Gasteiger partial charge in [0, 0.05) is 50.5 Å². The molecule has 1 aromatic carbocycles. The Morgan fingerprint density at radius 1 is 1.00 bits per heavy atom. The minimum Gasteiger partial charge on any atom is -0.339 e. The zero-order valence-electron chi connectivity index (χ0n) is 21.9. The van der Waals surface area contributed by atoms with E-state index in [9.17, 15) is 9.59 Å². The number of rotatable bonds is 6. The Morgan fingerprint density at radius 3 is 2.31 bits per heavy atom. The number of benzene rings is 1. The van der Waals surface area contributed by atoms with E-state index >= 15 is 0 Å². The summed E-state index contributed by atoms with van der Waals surface area (Å²) in [5.41, 5.74) is 4.66. The molecular formula is C30H42N3O2+. The molecule has 3 unspecified atom stereocenters. The summed E-state index contributed by atoms with van der Waals surface area (Å²) in [5.74, 6) is 2.00. The Balaban J connectivity index is 1.27. The SMILES string of the molecule is CCCC1C2CCCCC2=[N+]=C(C)C1c1ccc(C(=O)N2CCN(C(=O)C3(CC)CC3)CC2)cc1. The molecule has 5 nitrogen and oxygen atoms in total. The van der Waals surface area contributed by atoms with Crippen molar-refractivity contribution in [1.29, 1.82) is 0 Å². The minimum absolute atomic E-state index is 0.0855. The average molecular weight is 477 g/mol. The highest BCUT2D eigenvalue weighted by Crippen LogP contribution is 2.50. The third-order valence-electron chi connectivity index (χ3n) is 9.32. The maximum absolute atomic E-state index is 13.2. The fourth-order valence-corrected chi connectivity index (χ4v) is 6.98. The third-order valence-corrected chi connectivity index (χ3v) is 9.32. The zero-order valence-corrected chi connectivity index (χ0v) is 21.9. The van der Waals surface area contributed by atoms with Crippen LogP contribution in [-0.4, -0.2) is 59.2 Å². The number of hydrogen-bond acceptors (Lipinski definition) is 2. The number of nitrogens with zero attached hydrogens (tertiary/aromatic N) is 3. The Morgan fingerprint density at radius 2 is 1.69 bits per heavy atom. The molecule has 3 fully saturated rings. The number of carbonyl (C=O) groups is 2. The van der Waals surface area contributed by atoms with Crippen LogP contribution >= 0.6 is 0 Å². The molecule has 4 aliphatic rings. The van der Waals surface area contributed by atoms with Gasteiger partial charge >= 0.3 is 0 Å². The molecule has 2 saturated carbocycles. The first kappa shape index (κ1) is 24.3. The van der Waals surface area contributed by atoms with Crippen LogP contribution in [0.1, 0.15) is 100 Å². The van der Waals surface area contributed by atoms with Crippen LogP contribution < -0.4 is 4.67 Å². The van der Waals surface area contributed by atoms with Gasteiger partial charge in [0.1, 0.15) is 0 Å². The van der Waals surface area contributed by atoms with E-state index in [4.69, 9.17) is 4.67 Å². The Hall–Kier alpha value is -2.39. The summed E-state index contributed by atoms with van der Waals surface area (Å²) < 4.78 is 5.10.